The molecule has 1 heterocycles. The van der Waals surface area contributed by atoms with E-state index in [1.165, 1.54) is 19.2 Å². The van der Waals surface area contributed by atoms with Crippen LogP contribution in [0.3, 0.4) is 0 Å². The number of carboxylic acids is 1. The van der Waals surface area contributed by atoms with Gasteiger partial charge in [-0.2, -0.15) is 4.73 Å². The number of carbonyl (C=O) groups excluding carboxylic acids is 2. The molecule has 0 aliphatic carbocycles. The summed E-state index contributed by atoms with van der Waals surface area (Å²) in [6.07, 6.45) is 0.968. The van der Waals surface area contributed by atoms with Gasteiger partial charge >= 0.3 is 11.9 Å². The van der Waals surface area contributed by atoms with Crippen LogP contribution in [0.25, 0.3) is 0 Å². The number of ether oxygens (including phenoxy) is 1. The van der Waals surface area contributed by atoms with E-state index in [0.29, 0.717) is 10.4 Å². The first-order valence-electron chi connectivity index (χ1n) is 6.98. The zero-order valence-electron chi connectivity index (χ0n) is 13.1. The van der Waals surface area contributed by atoms with Gasteiger partial charge in [0.15, 0.2) is 6.61 Å². The first-order valence-corrected chi connectivity index (χ1v) is 6.98. The van der Waals surface area contributed by atoms with Crippen molar-refractivity contribution in [1.82, 2.24) is 4.73 Å². The summed E-state index contributed by atoms with van der Waals surface area (Å²) in [7, 11) is 1.24. The number of amides is 1. The maximum absolute atomic E-state index is 11.9. The average molecular weight is 346 g/mol. The van der Waals surface area contributed by atoms with Gasteiger partial charge in [-0.15, -0.1) is 0 Å². The van der Waals surface area contributed by atoms with Gasteiger partial charge in [-0.3, -0.25) is 9.59 Å². The molecule has 0 aliphatic rings. The van der Waals surface area contributed by atoms with Crippen LogP contribution >= 0.6 is 0 Å². The Labute approximate surface area is 141 Å². The number of hydrogen-bond acceptors (Lipinski definition) is 6. The molecule has 2 rings (SSSR count). The normalized spacial score (nSPS) is 9.96. The monoisotopic (exact) mass is 346 g/mol. The summed E-state index contributed by atoms with van der Waals surface area (Å²) < 4.78 is 5.24. The van der Waals surface area contributed by atoms with Crippen molar-refractivity contribution < 1.29 is 29.1 Å². The number of anilines is 1. The van der Waals surface area contributed by atoms with E-state index in [1.54, 1.807) is 12.1 Å². The second-order valence-electron chi connectivity index (χ2n) is 4.78. The summed E-state index contributed by atoms with van der Waals surface area (Å²) in [5, 5.41) is 11.4. The van der Waals surface area contributed by atoms with Gasteiger partial charge in [-0.1, -0.05) is 6.07 Å². The molecule has 130 valence electrons. The highest BCUT2D eigenvalue weighted by molar-refractivity contribution is 5.95. The van der Waals surface area contributed by atoms with Crippen molar-refractivity contribution in [1.29, 1.82) is 0 Å². The molecule has 0 unspecified atom stereocenters. The van der Waals surface area contributed by atoms with E-state index in [4.69, 9.17) is 9.94 Å². The molecule has 9 nitrogen and oxygen atoms in total. The molecule has 0 saturated carbocycles. The molecule has 0 atom stereocenters. The number of aromatic nitrogens is 1. The number of benzene rings is 1. The van der Waals surface area contributed by atoms with Gasteiger partial charge in [-0.05, 0) is 24.3 Å². The third-order valence-electron chi connectivity index (χ3n) is 3.03. The van der Waals surface area contributed by atoms with Crippen molar-refractivity contribution >= 4 is 23.5 Å². The Bertz CT molecular complexity index is 873. The Kier molecular flexibility index (Phi) is 5.51. The lowest BCUT2D eigenvalue weighted by molar-refractivity contribution is -0.120. The number of nitrogens with one attached hydrogen (secondary N) is 1. The summed E-state index contributed by atoms with van der Waals surface area (Å²) >= 11 is 0. The van der Waals surface area contributed by atoms with Crippen LogP contribution in [0.4, 0.5) is 5.69 Å². The van der Waals surface area contributed by atoms with Gasteiger partial charge in [0.05, 0.1) is 24.4 Å². The van der Waals surface area contributed by atoms with Crippen LogP contribution in [0, 0.1) is 0 Å². The smallest absolute Gasteiger partial charge is 0.337 e. The fourth-order valence-electron chi connectivity index (χ4n) is 1.86. The van der Waals surface area contributed by atoms with Gasteiger partial charge in [0, 0.05) is 11.8 Å². The minimum atomic E-state index is -1.23. The van der Waals surface area contributed by atoms with Crippen LogP contribution < -0.4 is 15.7 Å². The average Bonchev–Trinajstić information content (AvgIpc) is 2.60. The molecule has 0 bridgehead atoms. The van der Waals surface area contributed by atoms with Crippen LogP contribution in [0.2, 0.25) is 0 Å². The van der Waals surface area contributed by atoms with E-state index < -0.39 is 30.0 Å². The topological polar surface area (TPSA) is 124 Å². The summed E-state index contributed by atoms with van der Waals surface area (Å²) in [6, 6.07) is 8.20. The number of carboxylic acid groups (broad SMARTS) is 1. The molecule has 0 aliphatic heterocycles. The van der Waals surface area contributed by atoms with Crippen molar-refractivity contribution in [2.75, 3.05) is 19.0 Å². The van der Waals surface area contributed by atoms with E-state index >= 15 is 0 Å². The number of aromatic carboxylic acids is 1. The van der Waals surface area contributed by atoms with Gasteiger partial charge in [0.2, 0.25) is 0 Å². The molecule has 0 fully saturated rings. The van der Waals surface area contributed by atoms with Crippen LogP contribution in [0.5, 0.6) is 0 Å². The molecule has 1 aromatic heterocycles. The number of nitrogens with zero attached hydrogens (tertiary/aromatic N) is 1. The van der Waals surface area contributed by atoms with Crippen molar-refractivity contribution in [2.24, 2.45) is 0 Å². The summed E-state index contributed by atoms with van der Waals surface area (Å²) in [5.74, 6) is -2.39. The van der Waals surface area contributed by atoms with E-state index in [0.717, 1.165) is 18.3 Å². The Morgan fingerprint density at radius 3 is 2.60 bits per heavy atom. The fourth-order valence-corrected chi connectivity index (χ4v) is 1.86. The second kappa shape index (κ2) is 7.77. The van der Waals surface area contributed by atoms with Crippen molar-refractivity contribution in [2.45, 2.75) is 0 Å². The lowest BCUT2D eigenvalue weighted by atomic mass is 10.2. The highest BCUT2D eigenvalue weighted by atomic mass is 16.7. The number of esters is 1. The minimum Gasteiger partial charge on any atom is -0.478 e. The molecule has 0 radical (unpaired) electrons. The summed E-state index contributed by atoms with van der Waals surface area (Å²) in [6.45, 7) is -0.536. The molecule has 0 saturated heterocycles. The zero-order chi connectivity index (χ0) is 18.4. The van der Waals surface area contributed by atoms with Crippen LogP contribution in [0.15, 0.2) is 47.4 Å². The van der Waals surface area contributed by atoms with E-state index in [9.17, 15) is 19.2 Å². The van der Waals surface area contributed by atoms with Crippen molar-refractivity contribution in [3.05, 3.63) is 64.1 Å². The second-order valence-corrected chi connectivity index (χ2v) is 4.78. The molecule has 1 aromatic carbocycles. The third-order valence-corrected chi connectivity index (χ3v) is 3.03. The van der Waals surface area contributed by atoms with Gasteiger partial charge in [0.25, 0.3) is 11.5 Å². The summed E-state index contributed by atoms with van der Waals surface area (Å²) in [5.41, 5.74) is -0.189. The highest BCUT2D eigenvalue weighted by Gasteiger charge is 2.10. The van der Waals surface area contributed by atoms with Gasteiger partial charge in [-0.25, -0.2) is 9.59 Å². The molecular weight excluding hydrogens is 332 g/mol. The number of rotatable bonds is 6. The Morgan fingerprint density at radius 2 is 1.92 bits per heavy atom. The van der Waals surface area contributed by atoms with E-state index in [1.807, 2.05) is 0 Å². The summed E-state index contributed by atoms with van der Waals surface area (Å²) in [4.78, 5) is 50.8. The Hall–Kier alpha value is -3.62. The minimum absolute atomic E-state index is 0.161. The van der Waals surface area contributed by atoms with Crippen molar-refractivity contribution in [3.63, 3.8) is 0 Å². The number of pyridine rings is 1. The Balaban J connectivity index is 2.02. The van der Waals surface area contributed by atoms with Gasteiger partial charge < -0.3 is 20.0 Å². The van der Waals surface area contributed by atoms with Crippen LogP contribution in [0.1, 0.15) is 20.7 Å². The third kappa shape index (κ3) is 4.67. The van der Waals surface area contributed by atoms with E-state index in [2.05, 4.69) is 10.1 Å². The molecule has 0 spiro atoms. The SMILES string of the molecule is COC(=O)c1cccc(NC(=O)COn2cc(C(=O)O)ccc2=O)c1. The highest BCUT2D eigenvalue weighted by Crippen LogP contribution is 2.11. The maximum atomic E-state index is 11.9. The molecule has 2 aromatic rings. The lowest BCUT2D eigenvalue weighted by Gasteiger charge is -2.10. The number of carbonyl (C=O) groups is 3. The fraction of sp³-hybridized carbons (Fsp3) is 0.125. The van der Waals surface area contributed by atoms with Crippen molar-refractivity contribution in [3.8, 4) is 0 Å². The first-order chi connectivity index (χ1) is 11.9. The first kappa shape index (κ1) is 17.7. The van der Waals surface area contributed by atoms with E-state index in [-0.39, 0.29) is 11.1 Å². The molecule has 9 heteroatoms. The van der Waals surface area contributed by atoms with Gasteiger partial charge in [0.1, 0.15) is 0 Å². The standard InChI is InChI=1S/C16H14N2O7/c1-24-16(23)10-3-2-4-12(7-10)17-13(19)9-25-18-8-11(15(21)22)5-6-14(18)20/h2-8H,9H2,1H3,(H,17,19)(H,21,22). The number of methoxy groups -OCH3 is 1. The predicted octanol–water partition coefficient (Wildman–Crippen LogP) is 0.400. The maximum Gasteiger partial charge on any atom is 0.337 e. The predicted molar refractivity (Wildman–Crippen MR) is 85.5 cm³/mol. The number of hydrogen-bond donors (Lipinski definition) is 2. The zero-order valence-corrected chi connectivity index (χ0v) is 13.1. The molecule has 25 heavy (non-hydrogen) atoms. The largest absolute Gasteiger partial charge is 0.478 e. The Morgan fingerprint density at radius 1 is 1.16 bits per heavy atom. The molecule has 1 amide bonds. The quantitative estimate of drug-likeness (QED) is 0.726. The van der Waals surface area contributed by atoms with Crippen LogP contribution in [-0.4, -0.2) is 41.4 Å². The lowest BCUT2D eigenvalue weighted by Crippen LogP contribution is -2.32. The molecular formula is C16H14N2O7. The van der Waals surface area contributed by atoms with Crippen LogP contribution in [-0.2, 0) is 9.53 Å². The molecule has 2 N–H and O–H groups in total.